The molecule has 1 radical (unpaired) electrons. The Morgan fingerprint density at radius 2 is 2.36 bits per heavy atom. The van der Waals surface area contributed by atoms with E-state index in [1.165, 1.54) is 18.2 Å². The molecule has 0 saturated heterocycles. The van der Waals surface area contributed by atoms with Gasteiger partial charge in [-0.2, -0.15) is 0 Å². The first-order valence-corrected chi connectivity index (χ1v) is 4.14. The van der Waals surface area contributed by atoms with Crippen LogP contribution in [0.15, 0.2) is 18.2 Å². The number of aliphatic hydroxyl groups is 1. The molecule has 0 aromatic heterocycles. The Labute approximate surface area is 81.1 Å². The number of nitro benzene ring substituents is 1. The molecule has 0 amide bonds. The zero-order chi connectivity index (χ0) is 10.4. The number of ether oxygens (including phenoxy) is 1. The summed E-state index contributed by atoms with van der Waals surface area (Å²) in [6.45, 7) is 0.457. The van der Waals surface area contributed by atoms with Crippen molar-refractivity contribution in [1.82, 2.24) is 0 Å². The molecule has 5 heteroatoms. The lowest BCUT2D eigenvalue weighted by Gasteiger charge is -2.03. The van der Waals surface area contributed by atoms with Crippen LogP contribution in [0.1, 0.15) is 6.42 Å². The van der Waals surface area contributed by atoms with Gasteiger partial charge < -0.3 is 9.84 Å². The summed E-state index contributed by atoms with van der Waals surface area (Å²) >= 11 is 0. The molecule has 0 bridgehead atoms. The summed E-state index contributed by atoms with van der Waals surface area (Å²) < 4.78 is 5.17. The Kier molecular flexibility index (Phi) is 3.87. The standard InChI is InChI=1S/C9H10NO4/c11-6-1-7-14-9-4-2-8(3-5-9)10(12)13/h2,4-5,11H,1,6-7H2. The number of benzene rings is 1. The first-order chi connectivity index (χ1) is 6.74. The fourth-order valence-electron chi connectivity index (χ4n) is 0.860. The molecule has 5 nitrogen and oxygen atoms in total. The summed E-state index contributed by atoms with van der Waals surface area (Å²) in [6, 6.07) is 6.72. The number of hydrogen-bond donors (Lipinski definition) is 1. The highest BCUT2D eigenvalue weighted by molar-refractivity contribution is 5.34. The SMILES string of the molecule is O=[N+]([O-])c1[c]cc(OCCCO)cc1. The van der Waals surface area contributed by atoms with Crippen molar-refractivity contribution in [2.75, 3.05) is 13.2 Å². The summed E-state index contributed by atoms with van der Waals surface area (Å²) in [4.78, 5) is 9.76. The minimum absolute atomic E-state index is 0.0662. The quantitative estimate of drug-likeness (QED) is 0.435. The molecule has 0 aliphatic heterocycles. The minimum atomic E-state index is -0.516. The predicted molar refractivity (Wildman–Crippen MR) is 49.1 cm³/mol. The van der Waals surface area contributed by atoms with Crippen molar-refractivity contribution in [3.8, 4) is 5.75 Å². The highest BCUT2D eigenvalue weighted by Gasteiger charge is 2.04. The second-order valence-corrected chi connectivity index (χ2v) is 2.59. The van der Waals surface area contributed by atoms with Crippen LogP contribution in [-0.2, 0) is 0 Å². The van der Waals surface area contributed by atoms with Gasteiger partial charge in [0.1, 0.15) is 5.75 Å². The van der Waals surface area contributed by atoms with Crippen LogP contribution < -0.4 is 4.74 Å². The highest BCUT2D eigenvalue weighted by atomic mass is 16.6. The van der Waals surface area contributed by atoms with Crippen LogP contribution in [0.4, 0.5) is 5.69 Å². The van der Waals surface area contributed by atoms with Crippen molar-refractivity contribution in [3.63, 3.8) is 0 Å². The summed E-state index contributed by atoms with van der Waals surface area (Å²) in [7, 11) is 0. The van der Waals surface area contributed by atoms with E-state index < -0.39 is 4.92 Å². The summed E-state index contributed by atoms with van der Waals surface area (Å²) in [5.41, 5.74) is -0.0838. The fourth-order valence-corrected chi connectivity index (χ4v) is 0.860. The molecule has 1 rings (SSSR count). The zero-order valence-corrected chi connectivity index (χ0v) is 7.47. The van der Waals surface area contributed by atoms with Crippen LogP contribution in [0.25, 0.3) is 0 Å². The van der Waals surface area contributed by atoms with Crippen molar-refractivity contribution in [3.05, 3.63) is 34.4 Å². The van der Waals surface area contributed by atoms with E-state index >= 15 is 0 Å². The maximum Gasteiger partial charge on any atom is 0.277 e. The summed E-state index contributed by atoms with van der Waals surface area (Å²) in [5, 5.41) is 18.8. The van der Waals surface area contributed by atoms with Gasteiger partial charge in [0, 0.05) is 19.1 Å². The van der Waals surface area contributed by atoms with E-state index in [2.05, 4.69) is 6.07 Å². The van der Waals surface area contributed by atoms with E-state index in [-0.39, 0.29) is 12.3 Å². The number of hydrogen-bond acceptors (Lipinski definition) is 4. The molecule has 1 N–H and O–H groups in total. The van der Waals surface area contributed by atoms with E-state index in [0.717, 1.165) is 0 Å². The third kappa shape index (κ3) is 3.02. The Morgan fingerprint density at radius 1 is 1.57 bits per heavy atom. The second kappa shape index (κ2) is 5.18. The lowest BCUT2D eigenvalue weighted by molar-refractivity contribution is -0.385. The van der Waals surface area contributed by atoms with E-state index in [4.69, 9.17) is 9.84 Å². The predicted octanol–water partition coefficient (Wildman–Crippen LogP) is 1.16. The monoisotopic (exact) mass is 196 g/mol. The van der Waals surface area contributed by atoms with Gasteiger partial charge in [-0.1, -0.05) is 0 Å². The molecule has 1 aromatic carbocycles. The molecule has 1 aromatic rings. The molecule has 0 aliphatic rings. The average Bonchev–Trinajstić information content (AvgIpc) is 2.19. The molecule has 0 fully saturated rings. The largest absolute Gasteiger partial charge is 0.493 e. The van der Waals surface area contributed by atoms with Crippen molar-refractivity contribution >= 4 is 5.69 Å². The first-order valence-electron chi connectivity index (χ1n) is 4.14. The van der Waals surface area contributed by atoms with Gasteiger partial charge in [0.05, 0.1) is 17.6 Å². The lowest BCUT2D eigenvalue weighted by atomic mass is 10.3. The number of non-ortho nitro benzene ring substituents is 1. The molecule has 0 unspecified atom stereocenters. The van der Waals surface area contributed by atoms with Crippen molar-refractivity contribution in [1.29, 1.82) is 0 Å². The molecule has 14 heavy (non-hydrogen) atoms. The maximum atomic E-state index is 10.3. The molecule has 0 spiro atoms. The Hall–Kier alpha value is -1.62. The molecule has 0 saturated carbocycles. The van der Waals surface area contributed by atoms with Gasteiger partial charge in [-0.05, 0) is 12.1 Å². The fraction of sp³-hybridized carbons (Fsp3) is 0.333. The van der Waals surface area contributed by atoms with Gasteiger partial charge in [-0.25, -0.2) is 0 Å². The number of nitrogens with zero attached hydrogens (tertiary/aromatic N) is 1. The molecule has 0 atom stereocenters. The Bertz CT molecular complexity index is 296. The van der Waals surface area contributed by atoms with Gasteiger partial charge in [0.25, 0.3) is 5.69 Å². The van der Waals surface area contributed by atoms with Gasteiger partial charge in [-0.15, -0.1) is 0 Å². The molecule has 0 heterocycles. The van der Waals surface area contributed by atoms with Crippen LogP contribution in [0.2, 0.25) is 0 Å². The van der Waals surface area contributed by atoms with Crippen molar-refractivity contribution in [2.45, 2.75) is 6.42 Å². The zero-order valence-electron chi connectivity index (χ0n) is 7.47. The molecular weight excluding hydrogens is 186 g/mol. The normalized spacial score (nSPS) is 9.79. The number of nitro groups is 1. The number of rotatable bonds is 5. The summed E-state index contributed by atoms with van der Waals surface area (Å²) in [5.74, 6) is 0.518. The van der Waals surface area contributed by atoms with Crippen molar-refractivity contribution in [2.24, 2.45) is 0 Å². The van der Waals surface area contributed by atoms with Crippen LogP contribution in [0, 0.1) is 16.2 Å². The van der Waals surface area contributed by atoms with Crippen LogP contribution >= 0.6 is 0 Å². The van der Waals surface area contributed by atoms with Gasteiger partial charge >= 0.3 is 0 Å². The average molecular weight is 196 g/mol. The van der Waals surface area contributed by atoms with Gasteiger partial charge in [0.2, 0.25) is 0 Å². The van der Waals surface area contributed by atoms with E-state index in [1.807, 2.05) is 0 Å². The van der Waals surface area contributed by atoms with Crippen LogP contribution in [0.5, 0.6) is 5.75 Å². The first kappa shape index (κ1) is 10.5. The summed E-state index contributed by atoms with van der Waals surface area (Å²) in [6.07, 6.45) is 0.539. The van der Waals surface area contributed by atoms with Crippen LogP contribution in [-0.4, -0.2) is 23.2 Å². The highest BCUT2D eigenvalue weighted by Crippen LogP contribution is 2.16. The Morgan fingerprint density at radius 3 is 2.86 bits per heavy atom. The number of aliphatic hydroxyl groups excluding tert-OH is 1. The van der Waals surface area contributed by atoms with Gasteiger partial charge in [-0.3, -0.25) is 10.1 Å². The van der Waals surface area contributed by atoms with Crippen LogP contribution in [0.3, 0.4) is 0 Å². The molecule has 75 valence electrons. The lowest BCUT2D eigenvalue weighted by Crippen LogP contribution is -1.99. The van der Waals surface area contributed by atoms with E-state index in [9.17, 15) is 10.1 Å². The maximum absolute atomic E-state index is 10.3. The topological polar surface area (TPSA) is 72.6 Å². The third-order valence-electron chi connectivity index (χ3n) is 1.54. The Balaban J connectivity index is 2.51. The van der Waals surface area contributed by atoms with E-state index in [1.54, 1.807) is 0 Å². The molecule has 0 aliphatic carbocycles. The smallest absolute Gasteiger partial charge is 0.277 e. The second-order valence-electron chi connectivity index (χ2n) is 2.59. The minimum Gasteiger partial charge on any atom is -0.493 e. The van der Waals surface area contributed by atoms with Gasteiger partial charge in [0.15, 0.2) is 0 Å². The third-order valence-corrected chi connectivity index (χ3v) is 1.54. The van der Waals surface area contributed by atoms with E-state index in [0.29, 0.717) is 18.8 Å². The van der Waals surface area contributed by atoms with Crippen molar-refractivity contribution < 1.29 is 14.8 Å². The molecular formula is C9H10NO4.